The summed E-state index contributed by atoms with van der Waals surface area (Å²) in [7, 11) is -1.22. The highest BCUT2D eigenvalue weighted by Crippen LogP contribution is 2.19. The Kier molecular flexibility index (Phi) is 5.13. The number of nitrogens with zero attached hydrogens (tertiary/aromatic N) is 1. The molecule has 1 heterocycles. The molecular formula is C18H18ClNO2S. The Labute approximate surface area is 143 Å². The van der Waals surface area contributed by atoms with Crippen molar-refractivity contribution >= 4 is 28.3 Å². The second-order valence-corrected chi connectivity index (χ2v) is 7.59. The van der Waals surface area contributed by atoms with Crippen molar-refractivity contribution in [3.8, 4) is 0 Å². The van der Waals surface area contributed by atoms with Crippen LogP contribution in [0.2, 0.25) is 5.02 Å². The van der Waals surface area contributed by atoms with Crippen molar-refractivity contribution in [2.45, 2.75) is 18.7 Å². The average molecular weight is 348 g/mol. The van der Waals surface area contributed by atoms with Crippen LogP contribution < -0.4 is 0 Å². The number of fused-ring (bicyclic) bond motifs is 1. The van der Waals surface area contributed by atoms with Gasteiger partial charge in [-0.05, 0) is 35.2 Å². The van der Waals surface area contributed by atoms with E-state index in [2.05, 4.69) is 12.1 Å². The van der Waals surface area contributed by atoms with Crippen molar-refractivity contribution in [2.24, 2.45) is 0 Å². The van der Waals surface area contributed by atoms with Crippen LogP contribution in [0, 0.1) is 0 Å². The first-order valence-electron chi connectivity index (χ1n) is 7.56. The number of benzene rings is 2. The molecule has 2 aromatic rings. The molecular weight excluding hydrogens is 330 g/mol. The smallest absolute Gasteiger partial charge is 0.235 e. The number of carbonyl (C=O) groups is 1. The largest absolute Gasteiger partial charge is 0.337 e. The number of hydrogen-bond donors (Lipinski definition) is 0. The number of halogens is 1. The van der Waals surface area contributed by atoms with Crippen LogP contribution in [-0.2, 0) is 34.3 Å². The van der Waals surface area contributed by atoms with E-state index >= 15 is 0 Å². The molecule has 120 valence electrons. The second-order valence-electron chi connectivity index (χ2n) is 5.69. The standard InChI is InChI=1S/C18H18ClNO2S/c19-17-7-3-4-14(10-17)12-23(22)13-18(21)20-9-8-15-5-1-2-6-16(15)11-20/h1-7,10H,8-9,11-13H2/t23-/m0/s1. The third-order valence-electron chi connectivity index (χ3n) is 3.98. The fourth-order valence-corrected chi connectivity index (χ4v) is 4.13. The van der Waals surface area contributed by atoms with Crippen molar-refractivity contribution < 1.29 is 9.00 Å². The molecule has 0 aliphatic carbocycles. The molecule has 0 saturated carbocycles. The summed E-state index contributed by atoms with van der Waals surface area (Å²) in [5, 5.41) is 0.624. The highest BCUT2D eigenvalue weighted by atomic mass is 35.5. The fraction of sp³-hybridized carbons (Fsp3) is 0.278. The molecule has 0 radical (unpaired) electrons. The van der Waals surface area contributed by atoms with Gasteiger partial charge in [0.05, 0.1) is 0 Å². The van der Waals surface area contributed by atoms with Crippen LogP contribution in [0.1, 0.15) is 16.7 Å². The van der Waals surface area contributed by atoms with Crippen LogP contribution in [0.25, 0.3) is 0 Å². The lowest BCUT2D eigenvalue weighted by atomic mass is 10.00. The SMILES string of the molecule is O=C(C[S@@](=O)Cc1cccc(Cl)c1)N1CCc2ccccc2C1. The maximum Gasteiger partial charge on any atom is 0.235 e. The van der Waals surface area contributed by atoms with E-state index in [9.17, 15) is 9.00 Å². The molecule has 0 aromatic heterocycles. The zero-order chi connectivity index (χ0) is 16.2. The normalized spacial score (nSPS) is 15.1. The first kappa shape index (κ1) is 16.2. The third kappa shape index (κ3) is 4.21. The molecule has 5 heteroatoms. The molecule has 0 spiro atoms. The maximum atomic E-state index is 12.4. The van der Waals surface area contributed by atoms with Gasteiger partial charge in [-0.15, -0.1) is 0 Å². The Morgan fingerprint density at radius 2 is 1.91 bits per heavy atom. The summed E-state index contributed by atoms with van der Waals surface area (Å²) >= 11 is 5.93. The van der Waals surface area contributed by atoms with Gasteiger partial charge in [0.15, 0.2) is 0 Å². The highest BCUT2D eigenvalue weighted by Gasteiger charge is 2.21. The van der Waals surface area contributed by atoms with E-state index in [-0.39, 0.29) is 11.7 Å². The van der Waals surface area contributed by atoms with Gasteiger partial charge in [-0.1, -0.05) is 48.0 Å². The van der Waals surface area contributed by atoms with Crippen LogP contribution in [0.3, 0.4) is 0 Å². The zero-order valence-electron chi connectivity index (χ0n) is 12.7. The van der Waals surface area contributed by atoms with Gasteiger partial charge in [0.2, 0.25) is 5.91 Å². The minimum absolute atomic E-state index is 0.0418. The maximum absolute atomic E-state index is 12.4. The Morgan fingerprint density at radius 1 is 1.13 bits per heavy atom. The summed E-state index contributed by atoms with van der Waals surface area (Å²) < 4.78 is 12.2. The van der Waals surface area contributed by atoms with Gasteiger partial charge in [0.25, 0.3) is 0 Å². The van der Waals surface area contributed by atoms with Gasteiger partial charge in [-0.25, -0.2) is 0 Å². The summed E-state index contributed by atoms with van der Waals surface area (Å²) in [6.07, 6.45) is 0.864. The number of hydrogen-bond acceptors (Lipinski definition) is 2. The molecule has 0 bridgehead atoms. The van der Waals surface area contributed by atoms with Crippen molar-refractivity contribution in [1.29, 1.82) is 0 Å². The van der Waals surface area contributed by atoms with E-state index in [0.717, 1.165) is 12.0 Å². The summed E-state index contributed by atoms with van der Waals surface area (Å²) in [6, 6.07) is 15.5. The molecule has 0 unspecified atom stereocenters. The van der Waals surface area contributed by atoms with E-state index in [4.69, 9.17) is 11.6 Å². The lowest BCUT2D eigenvalue weighted by Crippen LogP contribution is -2.38. The third-order valence-corrected chi connectivity index (χ3v) is 5.44. The van der Waals surface area contributed by atoms with Crippen LogP contribution in [0.5, 0.6) is 0 Å². The van der Waals surface area contributed by atoms with Crippen LogP contribution >= 0.6 is 11.6 Å². The quantitative estimate of drug-likeness (QED) is 0.851. The van der Waals surface area contributed by atoms with Gasteiger partial charge in [0.1, 0.15) is 5.75 Å². The van der Waals surface area contributed by atoms with Crippen molar-refractivity contribution in [3.63, 3.8) is 0 Å². The van der Waals surface area contributed by atoms with Gasteiger partial charge < -0.3 is 4.90 Å². The van der Waals surface area contributed by atoms with Crippen molar-refractivity contribution in [1.82, 2.24) is 4.90 Å². The van der Waals surface area contributed by atoms with Gasteiger partial charge in [-0.2, -0.15) is 0 Å². The molecule has 1 atom stereocenters. The number of carbonyl (C=O) groups excluding carboxylic acids is 1. The molecule has 2 aromatic carbocycles. The lowest BCUT2D eigenvalue weighted by Gasteiger charge is -2.28. The summed E-state index contributed by atoms with van der Waals surface area (Å²) in [5.74, 6) is 0.380. The number of amides is 1. The highest BCUT2D eigenvalue weighted by molar-refractivity contribution is 7.84. The molecule has 1 aliphatic heterocycles. The Bertz CT molecular complexity index is 747. The predicted molar refractivity (Wildman–Crippen MR) is 93.7 cm³/mol. The fourth-order valence-electron chi connectivity index (χ4n) is 2.80. The molecule has 0 fully saturated rings. The number of rotatable bonds is 4. The van der Waals surface area contributed by atoms with E-state index in [1.165, 1.54) is 11.1 Å². The average Bonchev–Trinajstić information content (AvgIpc) is 2.54. The summed E-state index contributed by atoms with van der Waals surface area (Å²) in [4.78, 5) is 14.2. The first-order valence-corrected chi connectivity index (χ1v) is 9.42. The van der Waals surface area contributed by atoms with E-state index in [1.54, 1.807) is 17.0 Å². The lowest BCUT2D eigenvalue weighted by molar-refractivity contribution is -0.129. The Balaban J connectivity index is 1.58. The van der Waals surface area contributed by atoms with Crippen molar-refractivity contribution in [2.75, 3.05) is 12.3 Å². The van der Waals surface area contributed by atoms with E-state index < -0.39 is 10.8 Å². The molecule has 3 nitrogen and oxygen atoms in total. The summed E-state index contributed by atoms with van der Waals surface area (Å²) in [5.41, 5.74) is 3.39. The minimum atomic E-state index is -1.22. The van der Waals surface area contributed by atoms with Crippen molar-refractivity contribution in [3.05, 3.63) is 70.2 Å². The molecule has 0 saturated heterocycles. The molecule has 3 rings (SSSR count). The van der Waals surface area contributed by atoms with Crippen LogP contribution in [0.15, 0.2) is 48.5 Å². The topological polar surface area (TPSA) is 37.4 Å². The van der Waals surface area contributed by atoms with Gasteiger partial charge in [-0.3, -0.25) is 9.00 Å². The Hall–Kier alpha value is -1.65. The molecule has 0 N–H and O–H groups in total. The molecule has 23 heavy (non-hydrogen) atoms. The molecule has 1 aliphatic rings. The monoisotopic (exact) mass is 347 g/mol. The molecule has 1 amide bonds. The Morgan fingerprint density at radius 3 is 2.70 bits per heavy atom. The van der Waals surface area contributed by atoms with Gasteiger partial charge in [0, 0.05) is 34.7 Å². The minimum Gasteiger partial charge on any atom is -0.337 e. The first-order chi connectivity index (χ1) is 11.1. The summed E-state index contributed by atoms with van der Waals surface area (Å²) in [6.45, 7) is 1.31. The van der Waals surface area contributed by atoms with E-state index in [1.807, 2.05) is 24.3 Å². The van der Waals surface area contributed by atoms with Gasteiger partial charge >= 0.3 is 0 Å². The van der Waals surface area contributed by atoms with Crippen LogP contribution in [-0.4, -0.2) is 27.3 Å². The second kappa shape index (κ2) is 7.28. The van der Waals surface area contributed by atoms with Crippen LogP contribution in [0.4, 0.5) is 0 Å². The zero-order valence-corrected chi connectivity index (χ0v) is 14.3. The predicted octanol–water partition coefficient (Wildman–Crippen LogP) is 3.17. The van der Waals surface area contributed by atoms with E-state index in [0.29, 0.717) is 23.9 Å².